The van der Waals surface area contributed by atoms with E-state index in [1.165, 1.54) is 19.2 Å². The molecule has 100 valence electrons. The number of rotatable bonds is 3. The SMILES string of the molecule is COc1c(C)cc(Cl)c(F)c1-c1cc(C(=O)O)[nH]n1. The number of carbonyl (C=O) groups is 1. The number of H-pyrrole nitrogens is 1. The van der Waals surface area contributed by atoms with Crippen LogP contribution < -0.4 is 4.74 Å². The van der Waals surface area contributed by atoms with Gasteiger partial charge in [-0.1, -0.05) is 11.6 Å². The lowest BCUT2D eigenvalue weighted by Gasteiger charge is -2.11. The number of carboxylic acids is 1. The summed E-state index contributed by atoms with van der Waals surface area (Å²) in [5.41, 5.74) is 0.645. The molecule has 2 aromatic rings. The van der Waals surface area contributed by atoms with Crippen molar-refractivity contribution >= 4 is 17.6 Å². The number of aryl methyl sites for hydroxylation is 1. The molecule has 0 saturated heterocycles. The Bertz CT molecular complexity index is 655. The zero-order valence-corrected chi connectivity index (χ0v) is 10.9. The Morgan fingerprint density at radius 2 is 2.21 bits per heavy atom. The summed E-state index contributed by atoms with van der Waals surface area (Å²) in [5.74, 6) is -1.62. The van der Waals surface area contributed by atoms with Gasteiger partial charge in [-0.2, -0.15) is 5.10 Å². The van der Waals surface area contributed by atoms with E-state index in [-0.39, 0.29) is 27.7 Å². The van der Waals surface area contributed by atoms with Gasteiger partial charge in [0, 0.05) is 0 Å². The summed E-state index contributed by atoms with van der Waals surface area (Å²) in [6.07, 6.45) is 0. The molecule has 0 bridgehead atoms. The van der Waals surface area contributed by atoms with Crippen LogP contribution in [-0.4, -0.2) is 28.4 Å². The maximum Gasteiger partial charge on any atom is 0.353 e. The van der Waals surface area contributed by atoms with Crippen molar-refractivity contribution in [2.75, 3.05) is 7.11 Å². The largest absolute Gasteiger partial charge is 0.496 e. The van der Waals surface area contributed by atoms with E-state index in [0.717, 1.165) is 0 Å². The first kappa shape index (κ1) is 13.4. The fraction of sp³-hybridized carbons (Fsp3) is 0.167. The van der Waals surface area contributed by atoms with Crippen molar-refractivity contribution in [2.24, 2.45) is 0 Å². The lowest BCUT2D eigenvalue weighted by molar-refractivity contribution is 0.0690. The number of nitrogens with one attached hydrogen (secondary N) is 1. The van der Waals surface area contributed by atoms with Crippen molar-refractivity contribution in [1.82, 2.24) is 10.2 Å². The van der Waals surface area contributed by atoms with Gasteiger partial charge in [0.15, 0.2) is 5.82 Å². The minimum Gasteiger partial charge on any atom is -0.496 e. The molecule has 0 fully saturated rings. The van der Waals surface area contributed by atoms with Gasteiger partial charge in [-0.25, -0.2) is 9.18 Å². The fourth-order valence-electron chi connectivity index (χ4n) is 1.79. The molecule has 5 nitrogen and oxygen atoms in total. The first-order valence-corrected chi connectivity index (χ1v) is 5.65. The van der Waals surface area contributed by atoms with Gasteiger partial charge in [-0.05, 0) is 24.6 Å². The van der Waals surface area contributed by atoms with Gasteiger partial charge in [0.25, 0.3) is 0 Å². The number of aromatic amines is 1. The molecule has 1 heterocycles. The van der Waals surface area contributed by atoms with Gasteiger partial charge >= 0.3 is 5.97 Å². The fourth-order valence-corrected chi connectivity index (χ4v) is 2.04. The molecule has 0 spiro atoms. The first-order valence-electron chi connectivity index (χ1n) is 5.27. The minimum absolute atomic E-state index is 0.0382. The highest BCUT2D eigenvalue weighted by molar-refractivity contribution is 6.31. The summed E-state index contributed by atoms with van der Waals surface area (Å²) in [7, 11) is 1.39. The maximum absolute atomic E-state index is 14.1. The van der Waals surface area contributed by atoms with Gasteiger partial charge < -0.3 is 9.84 Å². The third kappa shape index (κ3) is 2.26. The van der Waals surface area contributed by atoms with Crippen molar-refractivity contribution in [3.8, 4) is 17.0 Å². The number of nitrogens with zero attached hydrogens (tertiary/aromatic N) is 1. The standard InChI is InChI=1S/C12H10ClFN2O3/c1-5-3-6(13)10(14)9(11(5)19-2)7-4-8(12(17)18)16-15-7/h3-4H,1-2H3,(H,15,16)(H,17,18). The highest BCUT2D eigenvalue weighted by Crippen LogP contribution is 2.38. The molecule has 0 unspecified atom stereocenters. The van der Waals surface area contributed by atoms with Crippen LogP contribution in [0.3, 0.4) is 0 Å². The topological polar surface area (TPSA) is 75.2 Å². The van der Waals surface area contributed by atoms with E-state index < -0.39 is 11.8 Å². The summed E-state index contributed by atoms with van der Waals surface area (Å²) in [6, 6.07) is 2.66. The average molecular weight is 285 g/mol. The van der Waals surface area contributed by atoms with Crippen LogP contribution >= 0.6 is 11.6 Å². The average Bonchev–Trinajstić information content (AvgIpc) is 2.82. The Labute approximate surface area is 113 Å². The molecule has 0 radical (unpaired) electrons. The van der Waals surface area contributed by atoms with Crippen LogP contribution in [0.15, 0.2) is 12.1 Å². The Morgan fingerprint density at radius 1 is 1.53 bits per heavy atom. The van der Waals surface area contributed by atoms with E-state index in [9.17, 15) is 9.18 Å². The zero-order valence-electron chi connectivity index (χ0n) is 10.1. The van der Waals surface area contributed by atoms with Gasteiger partial charge in [-0.3, -0.25) is 5.10 Å². The number of carboxylic acid groups (broad SMARTS) is 1. The molecule has 0 amide bonds. The maximum atomic E-state index is 14.1. The number of ether oxygens (including phenoxy) is 1. The predicted molar refractivity (Wildman–Crippen MR) is 67.2 cm³/mol. The van der Waals surface area contributed by atoms with Crippen molar-refractivity contribution in [1.29, 1.82) is 0 Å². The van der Waals surface area contributed by atoms with Crippen LogP contribution in [0.1, 0.15) is 16.1 Å². The van der Waals surface area contributed by atoms with E-state index in [4.69, 9.17) is 21.4 Å². The molecule has 0 aliphatic carbocycles. The Kier molecular flexibility index (Phi) is 3.44. The van der Waals surface area contributed by atoms with Gasteiger partial charge in [0.2, 0.25) is 0 Å². The quantitative estimate of drug-likeness (QED) is 0.909. The Hall–Kier alpha value is -2.08. The molecule has 1 aromatic heterocycles. The smallest absolute Gasteiger partial charge is 0.353 e. The number of methoxy groups -OCH3 is 1. The summed E-state index contributed by atoms with van der Waals surface area (Å²) < 4.78 is 19.2. The second-order valence-electron chi connectivity index (χ2n) is 3.87. The molecular formula is C12H10ClFN2O3. The summed E-state index contributed by atoms with van der Waals surface area (Å²) in [4.78, 5) is 10.8. The van der Waals surface area contributed by atoms with Crippen LogP contribution in [0.2, 0.25) is 5.02 Å². The summed E-state index contributed by atoms with van der Waals surface area (Å²) in [5, 5.41) is 14.8. The molecule has 1 aromatic carbocycles. The normalized spacial score (nSPS) is 10.5. The molecule has 0 atom stereocenters. The zero-order chi connectivity index (χ0) is 14.2. The van der Waals surface area contributed by atoms with E-state index in [2.05, 4.69) is 10.2 Å². The lowest BCUT2D eigenvalue weighted by atomic mass is 10.1. The Morgan fingerprint density at radius 3 is 2.74 bits per heavy atom. The lowest BCUT2D eigenvalue weighted by Crippen LogP contribution is -1.96. The number of benzene rings is 1. The van der Waals surface area contributed by atoms with E-state index in [1.807, 2.05) is 0 Å². The predicted octanol–water partition coefficient (Wildman–Crippen LogP) is 2.88. The molecule has 0 saturated carbocycles. The van der Waals surface area contributed by atoms with E-state index >= 15 is 0 Å². The molecule has 7 heteroatoms. The van der Waals surface area contributed by atoms with Crippen molar-refractivity contribution < 1.29 is 19.0 Å². The summed E-state index contributed by atoms with van der Waals surface area (Å²) in [6.45, 7) is 1.71. The van der Waals surface area contributed by atoms with E-state index in [0.29, 0.717) is 5.56 Å². The number of halogens is 2. The number of hydrogen-bond donors (Lipinski definition) is 2. The minimum atomic E-state index is -1.18. The number of hydrogen-bond acceptors (Lipinski definition) is 3. The van der Waals surface area contributed by atoms with Crippen molar-refractivity contribution in [2.45, 2.75) is 6.92 Å². The number of aromatic nitrogens is 2. The second kappa shape index (κ2) is 4.89. The van der Waals surface area contributed by atoms with Crippen molar-refractivity contribution in [3.05, 3.63) is 34.2 Å². The molecular weight excluding hydrogens is 275 g/mol. The monoisotopic (exact) mass is 284 g/mol. The van der Waals surface area contributed by atoms with Gasteiger partial charge in [-0.15, -0.1) is 0 Å². The van der Waals surface area contributed by atoms with Crippen molar-refractivity contribution in [3.63, 3.8) is 0 Å². The molecule has 2 rings (SSSR count). The second-order valence-corrected chi connectivity index (χ2v) is 4.28. The highest BCUT2D eigenvalue weighted by Gasteiger charge is 2.21. The van der Waals surface area contributed by atoms with Crippen LogP contribution in [0.5, 0.6) is 5.75 Å². The third-order valence-electron chi connectivity index (χ3n) is 2.63. The van der Waals surface area contributed by atoms with Crippen LogP contribution in [0, 0.1) is 12.7 Å². The van der Waals surface area contributed by atoms with E-state index in [1.54, 1.807) is 6.92 Å². The molecule has 0 aliphatic rings. The van der Waals surface area contributed by atoms with Gasteiger partial charge in [0.05, 0.1) is 23.4 Å². The highest BCUT2D eigenvalue weighted by atomic mass is 35.5. The molecule has 2 N–H and O–H groups in total. The number of aromatic carboxylic acids is 1. The van der Waals surface area contributed by atoms with Gasteiger partial charge in [0.1, 0.15) is 11.4 Å². The third-order valence-corrected chi connectivity index (χ3v) is 2.90. The molecule has 19 heavy (non-hydrogen) atoms. The Balaban J connectivity index is 2.69. The van der Waals surface area contributed by atoms with Crippen LogP contribution in [-0.2, 0) is 0 Å². The van der Waals surface area contributed by atoms with Crippen LogP contribution in [0.25, 0.3) is 11.3 Å². The summed E-state index contributed by atoms with van der Waals surface area (Å²) >= 11 is 5.78. The van der Waals surface area contributed by atoms with Crippen LogP contribution in [0.4, 0.5) is 4.39 Å². The molecule has 0 aliphatic heterocycles. The first-order chi connectivity index (χ1) is 8.95.